The van der Waals surface area contributed by atoms with E-state index in [0.717, 1.165) is 29.8 Å². The fraction of sp³-hybridized carbons (Fsp3) is 0.619. The first kappa shape index (κ1) is 21.2. The molecule has 0 aliphatic carbocycles. The van der Waals surface area contributed by atoms with Gasteiger partial charge in [0.1, 0.15) is 5.84 Å². The van der Waals surface area contributed by atoms with Gasteiger partial charge in [-0.25, -0.2) is 4.99 Å². The van der Waals surface area contributed by atoms with E-state index in [1.165, 1.54) is 0 Å². The van der Waals surface area contributed by atoms with Crippen LogP contribution < -0.4 is 11.1 Å². The van der Waals surface area contributed by atoms with E-state index < -0.39 is 5.41 Å². The van der Waals surface area contributed by atoms with E-state index in [-0.39, 0.29) is 17.2 Å². The first-order valence-electron chi connectivity index (χ1n) is 9.12. The Labute approximate surface area is 153 Å². The molecule has 25 heavy (non-hydrogen) atoms. The SMILES string of the molecule is CCC(C)C(N)=Nc1cc(NC(=O)C(C)(C)CC(C)(C)C)ccc1C. The number of carbonyl (C=O) groups is 1. The summed E-state index contributed by atoms with van der Waals surface area (Å²) in [5.41, 5.74) is 8.34. The van der Waals surface area contributed by atoms with Gasteiger partial charge in [-0.1, -0.05) is 54.5 Å². The average Bonchev–Trinajstić information content (AvgIpc) is 2.47. The molecule has 0 fully saturated rings. The van der Waals surface area contributed by atoms with Crippen molar-refractivity contribution in [2.75, 3.05) is 5.32 Å². The third-order valence-corrected chi connectivity index (χ3v) is 4.42. The highest BCUT2D eigenvalue weighted by Crippen LogP contribution is 2.34. The topological polar surface area (TPSA) is 67.5 Å². The highest BCUT2D eigenvalue weighted by molar-refractivity contribution is 5.95. The number of anilines is 1. The van der Waals surface area contributed by atoms with Crippen LogP contribution in [-0.4, -0.2) is 11.7 Å². The fourth-order valence-corrected chi connectivity index (χ4v) is 2.97. The maximum Gasteiger partial charge on any atom is 0.230 e. The second-order valence-corrected chi connectivity index (χ2v) is 8.92. The van der Waals surface area contributed by atoms with Crippen LogP contribution in [0.3, 0.4) is 0 Å². The summed E-state index contributed by atoms with van der Waals surface area (Å²) in [6, 6.07) is 5.78. The lowest BCUT2D eigenvalue weighted by Gasteiger charge is -2.31. The van der Waals surface area contributed by atoms with Gasteiger partial charge >= 0.3 is 0 Å². The molecule has 0 aliphatic heterocycles. The summed E-state index contributed by atoms with van der Waals surface area (Å²) in [6.45, 7) is 16.6. The normalized spacial score (nSPS) is 14.3. The van der Waals surface area contributed by atoms with E-state index in [9.17, 15) is 4.79 Å². The van der Waals surface area contributed by atoms with Gasteiger partial charge in [-0.15, -0.1) is 0 Å². The quantitative estimate of drug-likeness (QED) is 0.533. The predicted molar refractivity (Wildman–Crippen MR) is 108 cm³/mol. The van der Waals surface area contributed by atoms with Crippen LogP contribution in [0.2, 0.25) is 0 Å². The van der Waals surface area contributed by atoms with Crippen molar-refractivity contribution in [3.05, 3.63) is 23.8 Å². The molecular formula is C21H35N3O. The van der Waals surface area contributed by atoms with Gasteiger partial charge in [0.2, 0.25) is 5.91 Å². The van der Waals surface area contributed by atoms with Gasteiger partial charge in [0.25, 0.3) is 0 Å². The Morgan fingerprint density at radius 1 is 1.24 bits per heavy atom. The lowest BCUT2D eigenvalue weighted by Crippen LogP contribution is -2.34. The Balaban J connectivity index is 3.01. The zero-order valence-corrected chi connectivity index (χ0v) is 17.2. The van der Waals surface area contributed by atoms with Crippen LogP contribution in [0.1, 0.15) is 66.9 Å². The maximum atomic E-state index is 12.7. The first-order valence-corrected chi connectivity index (χ1v) is 9.12. The van der Waals surface area contributed by atoms with Crippen molar-refractivity contribution in [1.82, 2.24) is 0 Å². The van der Waals surface area contributed by atoms with E-state index in [2.05, 4.69) is 44.9 Å². The second kappa shape index (κ2) is 8.03. The minimum atomic E-state index is -0.442. The van der Waals surface area contributed by atoms with E-state index >= 15 is 0 Å². The summed E-state index contributed by atoms with van der Waals surface area (Å²) in [5, 5.41) is 3.04. The average molecular weight is 346 g/mol. The number of hydrogen-bond acceptors (Lipinski definition) is 2. The molecule has 4 nitrogen and oxygen atoms in total. The van der Waals surface area contributed by atoms with Crippen molar-refractivity contribution < 1.29 is 4.79 Å². The van der Waals surface area contributed by atoms with Gasteiger partial charge in [0.15, 0.2) is 0 Å². The van der Waals surface area contributed by atoms with Crippen LogP contribution in [0.5, 0.6) is 0 Å². The molecule has 3 N–H and O–H groups in total. The summed E-state index contributed by atoms with van der Waals surface area (Å²) >= 11 is 0. The van der Waals surface area contributed by atoms with Gasteiger partial charge in [-0.05, 0) is 42.9 Å². The molecule has 1 rings (SSSR count). The van der Waals surface area contributed by atoms with Gasteiger partial charge in [0.05, 0.1) is 5.69 Å². The monoisotopic (exact) mass is 345 g/mol. The smallest absolute Gasteiger partial charge is 0.230 e. The number of nitrogens with zero attached hydrogens (tertiary/aromatic N) is 1. The Morgan fingerprint density at radius 3 is 2.36 bits per heavy atom. The number of hydrogen-bond donors (Lipinski definition) is 2. The lowest BCUT2D eigenvalue weighted by atomic mass is 9.75. The number of nitrogens with one attached hydrogen (secondary N) is 1. The number of rotatable bonds is 6. The first-order chi connectivity index (χ1) is 11.4. The zero-order chi connectivity index (χ0) is 19.4. The largest absolute Gasteiger partial charge is 0.387 e. The molecule has 0 aliphatic rings. The molecule has 0 heterocycles. The summed E-state index contributed by atoms with van der Waals surface area (Å²) in [4.78, 5) is 17.3. The lowest BCUT2D eigenvalue weighted by molar-refractivity contribution is -0.125. The Hall–Kier alpha value is -1.84. The summed E-state index contributed by atoms with van der Waals surface area (Å²) in [5.74, 6) is 0.890. The summed E-state index contributed by atoms with van der Waals surface area (Å²) < 4.78 is 0. The van der Waals surface area contributed by atoms with Crippen molar-refractivity contribution >= 4 is 23.1 Å². The van der Waals surface area contributed by atoms with Crippen LogP contribution in [0, 0.1) is 23.7 Å². The minimum Gasteiger partial charge on any atom is -0.387 e. The van der Waals surface area contributed by atoms with E-state index in [0.29, 0.717) is 5.84 Å². The molecule has 1 amide bonds. The van der Waals surface area contributed by atoms with Crippen molar-refractivity contribution in [2.24, 2.45) is 27.5 Å². The summed E-state index contributed by atoms with van der Waals surface area (Å²) in [6.07, 6.45) is 1.76. The Kier molecular flexibility index (Phi) is 6.81. The molecule has 1 atom stereocenters. The number of aliphatic imine (C=N–C) groups is 1. The third kappa shape index (κ3) is 6.52. The molecule has 1 aromatic rings. The molecule has 0 bridgehead atoms. The van der Waals surface area contributed by atoms with Crippen molar-refractivity contribution in [1.29, 1.82) is 0 Å². The second-order valence-electron chi connectivity index (χ2n) is 8.92. The molecule has 0 aromatic heterocycles. The molecule has 0 spiro atoms. The molecule has 1 unspecified atom stereocenters. The molecule has 4 heteroatoms. The number of amidine groups is 1. The van der Waals surface area contributed by atoms with E-state index in [1.807, 2.05) is 39.0 Å². The molecule has 0 saturated carbocycles. The van der Waals surface area contributed by atoms with Crippen LogP contribution in [-0.2, 0) is 4.79 Å². The number of amides is 1. The molecule has 0 radical (unpaired) electrons. The van der Waals surface area contributed by atoms with Crippen LogP contribution in [0.25, 0.3) is 0 Å². The fourth-order valence-electron chi connectivity index (χ4n) is 2.97. The number of benzene rings is 1. The van der Waals surface area contributed by atoms with Gasteiger partial charge in [-0.3, -0.25) is 4.79 Å². The van der Waals surface area contributed by atoms with E-state index in [4.69, 9.17) is 5.73 Å². The van der Waals surface area contributed by atoms with Crippen molar-refractivity contribution in [2.45, 2.75) is 68.2 Å². The van der Waals surface area contributed by atoms with Crippen LogP contribution in [0.4, 0.5) is 11.4 Å². The standard InChI is InChI=1S/C21H35N3O/c1-9-14(2)18(22)24-17-12-16(11-10-15(17)3)23-19(25)21(7,8)13-20(4,5)6/h10-12,14H,9,13H2,1-8H3,(H2,22,24)(H,23,25). The van der Waals surface area contributed by atoms with Crippen molar-refractivity contribution in [3.8, 4) is 0 Å². The molecular weight excluding hydrogens is 310 g/mol. The van der Waals surface area contributed by atoms with Gasteiger partial charge in [0, 0.05) is 17.0 Å². The molecule has 1 aromatic carbocycles. The predicted octanol–water partition coefficient (Wildman–Crippen LogP) is 5.43. The molecule has 0 saturated heterocycles. The van der Waals surface area contributed by atoms with Crippen LogP contribution in [0.15, 0.2) is 23.2 Å². The highest BCUT2D eigenvalue weighted by Gasteiger charge is 2.32. The Morgan fingerprint density at radius 2 is 1.84 bits per heavy atom. The number of carbonyl (C=O) groups excluding carboxylic acids is 1. The summed E-state index contributed by atoms with van der Waals surface area (Å²) in [7, 11) is 0. The highest BCUT2D eigenvalue weighted by atomic mass is 16.2. The van der Waals surface area contributed by atoms with Gasteiger partial charge in [-0.2, -0.15) is 0 Å². The zero-order valence-electron chi connectivity index (χ0n) is 17.2. The Bertz CT molecular complexity index is 639. The van der Waals surface area contributed by atoms with Crippen LogP contribution >= 0.6 is 0 Å². The minimum absolute atomic E-state index is 0.0242. The van der Waals surface area contributed by atoms with E-state index in [1.54, 1.807) is 0 Å². The maximum absolute atomic E-state index is 12.7. The number of nitrogens with two attached hydrogens (primary N) is 1. The van der Waals surface area contributed by atoms with Crippen molar-refractivity contribution in [3.63, 3.8) is 0 Å². The molecule has 140 valence electrons. The number of aryl methyl sites for hydroxylation is 1. The third-order valence-electron chi connectivity index (χ3n) is 4.42. The van der Waals surface area contributed by atoms with Gasteiger partial charge < -0.3 is 11.1 Å².